The first-order valence-electron chi connectivity index (χ1n) is 7.77. The van der Waals surface area contributed by atoms with Crippen molar-refractivity contribution in [3.05, 3.63) is 54.2 Å². The van der Waals surface area contributed by atoms with Gasteiger partial charge in [-0.3, -0.25) is 0 Å². The van der Waals surface area contributed by atoms with Crippen LogP contribution < -0.4 is 4.74 Å². The van der Waals surface area contributed by atoms with Gasteiger partial charge in [-0.1, -0.05) is 6.07 Å². The topological polar surface area (TPSA) is 85.8 Å². The van der Waals surface area contributed by atoms with Crippen molar-refractivity contribution < 1.29 is 22.7 Å². The van der Waals surface area contributed by atoms with Gasteiger partial charge in [0.15, 0.2) is 0 Å². The van der Waals surface area contributed by atoms with Gasteiger partial charge >= 0.3 is 5.97 Å². The molecule has 1 aliphatic heterocycles. The lowest BCUT2D eigenvalue weighted by molar-refractivity contribution is 0.0600. The second kappa shape index (κ2) is 7.20. The second-order valence-corrected chi connectivity index (χ2v) is 7.51. The molecule has 1 atom stereocenters. The highest BCUT2D eigenvalue weighted by molar-refractivity contribution is 7.89. The Morgan fingerprint density at radius 1 is 1.20 bits per heavy atom. The largest absolute Gasteiger partial charge is 0.473 e. The zero-order chi connectivity index (χ0) is 17.9. The van der Waals surface area contributed by atoms with Crippen LogP contribution in [0.5, 0.6) is 5.88 Å². The lowest BCUT2D eigenvalue weighted by Gasteiger charge is -2.17. The minimum atomic E-state index is -3.63. The number of esters is 1. The summed E-state index contributed by atoms with van der Waals surface area (Å²) in [6.07, 6.45) is 1.98. The number of hydrogen-bond donors (Lipinski definition) is 0. The number of hydrogen-bond acceptors (Lipinski definition) is 6. The van der Waals surface area contributed by atoms with Crippen LogP contribution in [0.4, 0.5) is 0 Å². The SMILES string of the molecule is COC(=O)c1ccc(S(=O)(=O)N2CCC(Oc3ccccn3)C2)cc1. The van der Waals surface area contributed by atoms with Gasteiger partial charge in [-0.15, -0.1) is 0 Å². The Hall–Kier alpha value is -2.45. The lowest BCUT2D eigenvalue weighted by Crippen LogP contribution is -2.31. The van der Waals surface area contributed by atoms with Crippen molar-refractivity contribution in [2.24, 2.45) is 0 Å². The van der Waals surface area contributed by atoms with Crippen molar-refractivity contribution in [1.29, 1.82) is 0 Å². The molecule has 0 bridgehead atoms. The van der Waals surface area contributed by atoms with E-state index in [1.807, 2.05) is 6.07 Å². The molecule has 1 fully saturated rings. The summed E-state index contributed by atoms with van der Waals surface area (Å²) < 4.78 is 37.2. The average molecular weight is 362 g/mol. The molecule has 1 saturated heterocycles. The molecule has 3 rings (SSSR count). The first-order chi connectivity index (χ1) is 12.0. The minimum absolute atomic E-state index is 0.138. The maximum absolute atomic E-state index is 12.7. The van der Waals surface area contributed by atoms with Crippen molar-refractivity contribution in [3.8, 4) is 5.88 Å². The Kier molecular flexibility index (Phi) is 5.00. The number of sulfonamides is 1. The molecule has 2 heterocycles. The standard InChI is InChI=1S/C17H18N2O5S/c1-23-17(20)13-5-7-15(8-6-13)25(21,22)19-11-9-14(12-19)24-16-4-2-3-10-18-16/h2-8,10,14H,9,11-12H2,1H3. The highest BCUT2D eigenvalue weighted by atomic mass is 32.2. The predicted octanol–water partition coefficient (Wildman–Crippen LogP) is 1.71. The third-order valence-corrected chi connectivity index (χ3v) is 5.83. The molecule has 0 saturated carbocycles. The monoisotopic (exact) mass is 362 g/mol. The second-order valence-electron chi connectivity index (χ2n) is 5.58. The fourth-order valence-electron chi connectivity index (χ4n) is 2.63. The number of carbonyl (C=O) groups is 1. The number of pyridine rings is 1. The van der Waals surface area contributed by atoms with Gasteiger partial charge in [0.25, 0.3) is 0 Å². The summed E-state index contributed by atoms with van der Waals surface area (Å²) in [7, 11) is -2.36. The van der Waals surface area contributed by atoms with E-state index in [1.54, 1.807) is 18.3 Å². The first kappa shape index (κ1) is 17.4. The van der Waals surface area contributed by atoms with E-state index in [4.69, 9.17) is 4.74 Å². The average Bonchev–Trinajstić information content (AvgIpc) is 3.11. The van der Waals surface area contributed by atoms with Crippen LogP contribution in [-0.4, -0.2) is 50.0 Å². The van der Waals surface area contributed by atoms with Crippen LogP contribution >= 0.6 is 0 Å². The Morgan fingerprint density at radius 2 is 1.96 bits per heavy atom. The highest BCUT2D eigenvalue weighted by Gasteiger charge is 2.33. The van der Waals surface area contributed by atoms with E-state index in [0.29, 0.717) is 24.4 Å². The van der Waals surface area contributed by atoms with Crippen molar-refractivity contribution in [2.75, 3.05) is 20.2 Å². The van der Waals surface area contributed by atoms with Crippen LogP contribution in [0.25, 0.3) is 0 Å². The van der Waals surface area contributed by atoms with Crippen LogP contribution in [0.2, 0.25) is 0 Å². The van der Waals surface area contributed by atoms with E-state index < -0.39 is 16.0 Å². The summed E-state index contributed by atoms with van der Waals surface area (Å²) in [4.78, 5) is 15.7. The van der Waals surface area contributed by atoms with Crippen LogP contribution in [0.15, 0.2) is 53.6 Å². The van der Waals surface area contributed by atoms with Gasteiger partial charge in [0.05, 0.1) is 24.1 Å². The maximum Gasteiger partial charge on any atom is 0.337 e. The quantitative estimate of drug-likeness (QED) is 0.753. The molecule has 1 aromatic heterocycles. The number of carbonyl (C=O) groups excluding carboxylic acids is 1. The fourth-order valence-corrected chi connectivity index (χ4v) is 4.12. The van der Waals surface area contributed by atoms with Crippen molar-refractivity contribution in [2.45, 2.75) is 17.4 Å². The molecule has 1 aliphatic rings. The van der Waals surface area contributed by atoms with Gasteiger partial charge in [0.2, 0.25) is 15.9 Å². The number of aromatic nitrogens is 1. The Balaban J connectivity index is 1.69. The van der Waals surface area contributed by atoms with E-state index in [2.05, 4.69) is 9.72 Å². The van der Waals surface area contributed by atoms with Crippen molar-refractivity contribution >= 4 is 16.0 Å². The molecule has 25 heavy (non-hydrogen) atoms. The molecule has 0 radical (unpaired) electrons. The summed E-state index contributed by atoms with van der Waals surface area (Å²) >= 11 is 0. The summed E-state index contributed by atoms with van der Waals surface area (Å²) in [5.41, 5.74) is 0.305. The van der Waals surface area contributed by atoms with Crippen LogP contribution in [0, 0.1) is 0 Å². The number of methoxy groups -OCH3 is 1. The van der Waals surface area contributed by atoms with Crippen LogP contribution in [0.1, 0.15) is 16.8 Å². The number of ether oxygens (including phenoxy) is 2. The molecule has 1 unspecified atom stereocenters. The van der Waals surface area contributed by atoms with Gasteiger partial charge in [0.1, 0.15) is 6.10 Å². The molecule has 132 valence electrons. The van der Waals surface area contributed by atoms with E-state index in [9.17, 15) is 13.2 Å². The normalized spacial score (nSPS) is 18.0. The molecule has 0 aliphatic carbocycles. The first-order valence-corrected chi connectivity index (χ1v) is 9.21. The highest BCUT2D eigenvalue weighted by Crippen LogP contribution is 2.23. The smallest absolute Gasteiger partial charge is 0.337 e. The Morgan fingerprint density at radius 3 is 2.60 bits per heavy atom. The number of nitrogens with zero attached hydrogens (tertiary/aromatic N) is 2. The Bertz CT molecular complexity index is 837. The van der Waals surface area contributed by atoms with E-state index in [-0.39, 0.29) is 17.5 Å². The molecule has 1 aromatic carbocycles. The van der Waals surface area contributed by atoms with Gasteiger partial charge < -0.3 is 9.47 Å². The number of rotatable bonds is 5. The van der Waals surface area contributed by atoms with E-state index in [1.165, 1.54) is 35.7 Å². The zero-order valence-electron chi connectivity index (χ0n) is 13.7. The van der Waals surface area contributed by atoms with Gasteiger partial charge in [-0.2, -0.15) is 4.31 Å². The minimum Gasteiger partial charge on any atom is -0.473 e. The summed E-state index contributed by atoms with van der Waals surface area (Å²) in [6.45, 7) is 0.635. The number of benzene rings is 1. The molecule has 2 aromatic rings. The molecular formula is C17H18N2O5S. The zero-order valence-corrected chi connectivity index (χ0v) is 14.5. The summed E-state index contributed by atoms with van der Waals surface area (Å²) in [6, 6.07) is 11.0. The third-order valence-electron chi connectivity index (χ3n) is 3.95. The molecule has 8 heteroatoms. The van der Waals surface area contributed by atoms with Crippen molar-refractivity contribution in [3.63, 3.8) is 0 Å². The van der Waals surface area contributed by atoms with Crippen LogP contribution in [-0.2, 0) is 14.8 Å². The van der Waals surface area contributed by atoms with Gasteiger partial charge in [-0.05, 0) is 36.8 Å². The summed E-state index contributed by atoms with van der Waals surface area (Å²) in [5.74, 6) is -0.0249. The predicted molar refractivity (Wildman–Crippen MR) is 89.8 cm³/mol. The van der Waals surface area contributed by atoms with Gasteiger partial charge in [0, 0.05) is 18.8 Å². The van der Waals surface area contributed by atoms with Gasteiger partial charge in [-0.25, -0.2) is 18.2 Å². The lowest BCUT2D eigenvalue weighted by atomic mass is 10.2. The summed E-state index contributed by atoms with van der Waals surface area (Å²) in [5, 5.41) is 0. The fraction of sp³-hybridized carbons (Fsp3) is 0.294. The van der Waals surface area contributed by atoms with E-state index in [0.717, 1.165) is 0 Å². The molecule has 0 N–H and O–H groups in total. The van der Waals surface area contributed by atoms with E-state index >= 15 is 0 Å². The molecule has 0 spiro atoms. The van der Waals surface area contributed by atoms with Crippen molar-refractivity contribution in [1.82, 2.24) is 9.29 Å². The Labute approximate surface area is 146 Å². The molecule has 7 nitrogen and oxygen atoms in total. The van der Waals surface area contributed by atoms with Crippen LogP contribution in [0.3, 0.4) is 0 Å². The molecular weight excluding hydrogens is 344 g/mol. The third kappa shape index (κ3) is 3.80. The maximum atomic E-state index is 12.7. The molecule has 0 amide bonds.